The summed E-state index contributed by atoms with van der Waals surface area (Å²) in [5.74, 6) is 1.18. The lowest BCUT2D eigenvalue weighted by Crippen LogP contribution is -2.60. The molecule has 1 N–H and O–H groups in total. The van der Waals surface area contributed by atoms with Gasteiger partial charge in [-0.05, 0) is 91.5 Å². The van der Waals surface area contributed by atoms with Crippen molar-refractivity contribution in [2.45, 2.75) is 97.0 Å². The highest BCUT2D eigenvalue weighted by atomic mass is 79.9. The minimum absolute atomic E-state index is 0.0613. The maximum absolute atomic E-state index is 14.1. The lowest BCUT2D eigenvalue weighted by atomic mass is 9.44. The van der Waals surface area contributed by atoms with Crippen molar-refractivity contribution < 1.29 is 23.9 Å². The first kappa shape index (κ1) is 30.2. The Morgan fingerprint density at radius 1 is 1.00 bits per heavy atom. The summed E-state index contributed by atoms with van der Waals surface area (Å²) in [4.78, 5) is 53.4. The van der Waals surface area contributed by atoms with E-state index in [0.717, 1.165) is 55.2 Å². The van der Waals surface area contributed by atoms with Gasteiger partial charge in [0, 0.05) is 60.8 Å². The van der Waals surface area contributed by atoms with Crippen molar-refractivity contribution in [2.24, 2.45) is 46.3 Å². The van der Waals surface area contributed by atoms with Gasteiger partial charge < -0.3 is 10.1 Å². The molecule has 7 heteroatoms. The van der Waals surface area contributed by atoms with Crippen molar-refractivity contribution in [2.75, 3.05) is 13.1 Å². The van der Waals surface area contributed by atoms with E-state index in [2.05, 4.69) is 42.0 Å². The van der Waals surface area contributed by atoms with Gasteiger partial charge in [0.15, 0.2) is 0 Å². The lowest BCUT2D eigenvalue weighted by Gasteiger charge is -2.58. The number of piperidine rings is 1. The molecule has 5 fully saturated rings. The molecule has 1 aliphatic heterocycles. The Balaban J connectivity index is 1.14. The number of Topliss-reactive ketones (excluding diaryl/α,β-unsaturated/α-hetero) is 3. The van der Waals surface area contributed by atoms with E-state index in [0.29, 0.717) is 44.3 Å². The van der Waals surface area contributed by atoms with Crippen LogP contribution in [0.5, 0.6) is 0 Å². The molecule has 0 spiro atoms. The number of nitrogens with one attached hydrogen (secondary N) is 1. The molecule has 4 aliphatic carbocycles. The fourth-order valence-electron chi connectivity index (χ4n) is 10.2. The van der Waals surface area contributed by atoms with Gasteiger partial charge in [0.25, 0.3) is 0 Å². The molecule has 6 nitrogen and oxygen atoms in total. The third-order valence-corrected chi connectivity index (χ3v) is 13.3. The van der Waals surface area contributed by atoms with E-state index in [1.807, 2.05) is 24.3 Å². The van der Waals surface area contributed by atoms with Crippen LogP contribution in [0.1, 0.15) is 97.0 Å². The molecular weight excluding hydrogens is 594 g/mol. The van der Waals surface area contributed by atoms with Crippen molar-refractivity contribution in [3.8, 4) is 0 Å². The number of hydrogen-bond acceptors (Lipinski definition) is 6. The predicted molar refractivity (Wildman–Crippen MR) is 163 cm³/mol. The van der Waals surface area contributed by atoms with Crippen LogP contribution >= 0.6 is 15.9 Å². The molecule has 1 aromatic carbocycles. The third kappa shape index (κ3) is 4.95. The molecule has 1 aromatic rings. The van der Waals surface area contributed by atoms with Crippen LogP contribution in [0.4, 0.5) is 0 Å². The molecule has 42 heavy (non-hydrogen) atoms. The van der Waals surface area contributed by atoms with Gasteiger partial charge in [0.2, 0.25) is 0 Å². The highest BCUT2D eigenvalue weighted by Crippen LogP contribution is 2.66. The monoisotopic (exact) mass is 639 g/mol. The van der Waals surface area contributed by atoms with Crippen LogP contribution in [0.3, 0.4) is 0 Å². The first-order chi connectivity index (χ1) is 20.0. The van der Waals surface area contributed by atoms with Crippen molar-refractivity contribution in [1.29, 1.82) is 0 Å². The molecule has 4 saturated carbocycles. The molecular formula is C35H46BrNO5. The fraction of sp³-hybridized carbons (Fsp3) is 0.714. The van der Waals surface area contributed by atoms with Gasteiger partial charge in [-0.3, -0.25) is 19.2 Å². The van der Waals surface area contributed by atoms with Gasteiger partial charge in [-0.15, -0.1) is 0 Å². The number of hydrogen-bond donors (Lipinski definition) is 1. The number of esters is 1. The topological polar surface area (TPSA) is 89.5 Å². The van der Waals surface area contributed by atoms with E-state index in [4.69, 9.17) is 4.74 Å². The highest BCUT2D eigenvalue weighted by molar-refractivity contribution is 9.10. The normalized spacial score (nSPS) is 38.3. The molecule has 228 valence electrons. The molecule has 1 saturated heterocycles. The van der Waals surface area contributed by atoms with E-state index in [-0.39, 0.29) is 58.5 Å². The first-order valence-corrected chi connectivity index (χ1v) is 17.0. The zero-order valence-electron chi connectivity index (χ0n) is 25.4. The predicted octanol–water partition coefficient (Wildman–Crippen LogP) is 6.57. The zero-order valence-corrected chi connectivity index (χ0v) is 27.0. The Morgan fingerprint density at radius 3 is 2.43 bits per heavy atom. The lowest BCUT2D eigenvalue weighted by molar-refractivity contribution is -0.166. The van der Waals surface area contributed by atoms with Crippen molar-refractivity contribution >= 4 is 39.2 Å². The second-order valence-corrected chi connectivity index (χ2v) is 15.6. The fourth-order valence-corrected chi connectivity index (χ4v) is 10.5. The first-order valence-electron chi connectivity index (χ1n) is 16.2. The summed E-state index contributed by atoms with van der Waals surface area (Å²) in [7, 11) is 0. The smallest absolute Gasteiger partial charge is 0.306 e. The van der Waals surface area contributed by atoms with E-state index >= 15 is 0 Å². The average Bonchev–Trinajstić information content (AvgIpc) is 3.32. The summed E-state index contributed by atoms with van der Waals surface area (Å²) in [6.45, 7) is 8.19. The van der Waals surface area contributed by atoms with E-state index < -0.39 is 11.0 Å². The van der Waals surface area contributed by atoms with Gasteiger partial charge in [-0.2, -0.15) is 0 Å². The summed E-state index contributed by atoms with van der Waals surface area (Å²) in [6, 6.07) is 8.10. The number of carbonyl (C=O) groups excluding carboxylic acids is 4. The van der Waals surface area contributed by atoms with Crippen LogP contribution in [0.25, 0.3) is 0 Å². The standard InChI is InChI=1S/C35H46BrNO5/c1-21(4-11-31(41)42-35(14-16-37-17-15-35)22-5-7-24(36)8-6-22)26-9-10-27-32-28(20-30(40)34(26,27)3)33(2)13-12-25(38)18-23(33)19-29(32)39/h5-8,21,23,26-28,32,37H,4,9-20H2,1-3H3/t21-,23+,26-,27+,28+,32+,33+,34-/m1/s1. The van der Waals surface area contributed by atoms with Crippen LogP contribution in [0, 0.1) is 46.3 Å². The van der Waals surface area contributed by atoms with Crippen molar-refractivity contribution in [3.63, 3.8) is 0 Å². The molecule has 0 bridgehead atoms. The van der Waals surface area contributed by atoms with Crippen LogP contribution in [-0.2, 0) is 29.5 Å². The second-order valence-electron chi connectivity index (χ2n) is 14.7. The highest BCUT2D eigenvalue weighted by Gasteiger charge is 2.66. The van der Waals surface area contributed by atoms with Gasteiger partial charge >= 0.3 is 5.97 Å². The Labute approximate surface area is 258 Å². The molecule has 0 unspecified atom stereocenters. The Hall–Kier alpha value is -1.86. The van der Waals surface area contributed by atoms with Gasteiger partial charge in [0.05, 0.1) is 0 Å². The minimum Gasteiger partial charge on any atom is -0.454 e. The van der Waals surface area contributed by atoms with Crippen LogP contribution in [0.15, 0.2) is 28.7 Å². The maximum Gasteiger partial charge on any atom is 0.306 e. The zero-order chi connectivity index (χ0) is 29.9. The van der Waals surface area contributed by atoms with E-state index in [9.17, 15) is 19.2 Å². The van der Waals surface area contributed by atoms with Crippen LogP contribution < -0.4 is 5.32 Å². The number of benzene rings is 1. The van der Waals surface area contributed by atoms with Crippen LogP contribution in [0.2, 0.25) is 0 Å². The minimum atomic E-state index is -0.607. The number of rotatable bonds is 6. The van der Waals surface area contributed by atoms with E-state index in [1.54, 1.807) is 0 Å². The molecule has 1 heterocycles. The summed E-state index contributed by atoms with van der Waals surface area (Å²) in [5, 5.41) is 3.39. The van der Waals surface area contributed by atoms with Crippen molar-refractivity contribution in [1.82, 2.24) is 5.32 Å². The third-order valence-electron chi connectivity index (χ3n) is 12.8. The summed E-state index contributed by atoms with van der Waals surface area (Å²) < 4.78 is 7.29. The second kappa shape index (κ2) is 11.3. The number of halogens is 1. The maximum atomic E-state index is 14.1. The van der Waals surface area contributed by atoms with Gasteiger partial charge in [0.1, 0.15) is 23.0 Å². The number of ether oxygens (including phenoxy) is 1. The molecule has 0 aromatic heterocycles. The largest absolute Gasteiger partial charge is 0.454 e. The molecule has 8 atom stereocenters. The molecule has 5 aliphatic rings. The van der Waals surface area contributed by atoms with Crippen LogP contribution in [-0.4, -0.2) is 36.4 Å². The van der Waals surface area contributed by atoms with Gasteiger partial charge in [-0.25, -0.2) is 0 Å². The Morgan fingerprint density at radius 2 is 1.71 bits per heavy atom. The molecule has 0 radical (unpaired) electrons. The summed E-state index contributed by atoms with van der Waals surface area (Å²) in [5.41, 5.74) is -0.195. The molecule has 6 rings (SSSR count). The molecule has 0 amide bonds. The quantitative estimate of drug-likeness (QED) is 0.354. The van der Waals surface area contributed by atoms with Crippen molar-refractivity contribution in [3.05, 3.63) is 34.3 Å². The number of carbonyl (C=O) groups is 4. The van der Waals surface area contributed by atoms with Gasteiger partial charge in [-0.1, -0.05) is 48.8 Å². The SMILES string of the molecule is C[C@H](CCC(=O)OC1(c2ccc(Br)cc2)CCNCC1)[C@H]1CC[C@H]2[C@@H]3C(=O)C[C@@H]4CC(=O)CC[C@]4(C)[C@H]3CC(=O)[C@]12C. The Kier molecular flexibility index (Phi) is 8.08. The number of ketones is 3. The van der Waals surface area contributed by atoms with E-state index in [1.165, 1.54) is 0 Å². The number of fused-ring (bicyclic) bond motifs is 5. The summed E-state index contributed by atoms with van der Waals surface area (Å²) in [6.07, 6.45) is 7.16. The summed E-state index contributed by atoms with van der Waals surface area (Å²) >= 11 is 3.51. The average molecular weight is 641 g/mol. The Bertz CT molecular complexity index is 1250.